The second-order valence-electron chi connectivity index (χ2n) is 4.28. The molecule has 82 valence electrons. The molecule has 0 saturated heterocycles. The molecule has 0 amide bonds. The summed E-state index contributed by atoms with van der Waals surface area (Å²) in [6, 6.07) is 0. The predicted molar refractivity (Wildman–Crippen MR) is 55.9 cm³/mol. The molecule has 3 nitrogen and oxygen atoms in total. The van der Waals surface area contributed by atoms with Crippen LogP contribution in [-0.2, 0) is 9.53 Å². The molecule has 1 fully saturated rings. The number of hydrogen-bond donors (Lipinski definition) is 1. The van der Waals surface area contributed by atoms with Gasteiger partial charge >= 0.3 is 5.97 Å². The number of carbonyl (C=O) groups excluding carboxylic acids is 1. The second kappa shape index (κ2) is 5.35. The first-order chi connectivity index (χ1) is 6.65. The van der Waals surface area contributed by atoms with Crippen molar-refractivity contribution < 1.29 is 9.53 Å². The van der Waals surface area contributed by atoms with Crippen LogP contribution in [0.3, 0.4) is 0 Å². The molecule has 0 bridgehead atoms. The number of nitrogens with one attached hydrogen (secondary N) is 1. The maximum absolute atomic E-state index is 11.2. The van der Waals surface area contributed by atoms with E-state index in [-0.39, 0.29) is 11.9 Å². The summed E-state index contributed by atoms with van der Waals surface area (Å²) in [5, 5.41) is 3.32. The van der Waals surface area contributed by atoms with E-state index < -0.39 is 0 Å². The van der Waals surface area contributed by atoms with Crippen molar-refractivity contribution in [3.8, 4) is 0 Å². The number of carbonyl (C=O) groups is 1. The van der Waals surface area contributed by atoms with Crippen LogP contribution >= 0.6 is 0 Å². The Hall–Kier alpha value is -0.570. The summed E-state index contributed by atoms with van der Waals surface area (Å²) in [4.78, 5) is 11.2. The molecule has 0 heterocycles. The number of rotatable bonds is 6. The zero-order valence-electron chi connectivity index (χ0n) is 9.38. The van der Waals surface area contributed by atoms with Gasteiger partial charge in [-0.25, -0.2) is 0 Å². The van der Waals surface area contributed by atoms with Crippen LogP contribution in [0, 0.1) is 17.8 Å². The zero-order valence-corrected chi connectivity index (χ0v) is 9.38. The smallest absolute Gasteiger partial charge is 0.309 e. The van der Waals surface area contributed by atoms with Gasteiger partial charge in [-0.05, 0) is 31.7 Å². The van der Waals surface area contributed by atoms with Crippen molar-refractivity contribution in [2.24, 2.45) is 17.8 Å². The first kappa shape index (κ1) is 11.5. The zero-order chi connectivity index (χ0) is 10.6. The monoisotopic (exact) mass is 199 g/mol. The van der Waals surface area contributed by atoms with Crippen molar-refractivity contribution in [2.75, 3.05) is 19.7 Å². The van der Waals surface area contributed by atoms with Gasteiger partial charge in [-0.3, -0.25) is 4.79 Å². The first-order valence-corrected chi connectivity index (χ1v) is 5.52. The van der Waals surface area contributed by atoms with Gasteiger partial charge < -0.3 is 10.1 Å². The van der Waals surface area contributed by atoms with Crippen molar-refractivity contribution in [2.45, 2.75) is 27.2 Å². The molecule has 14 heavy (non-hydrogen) atoms. The van der Waals surface area contributed by atoms with Gasteiger partial charge in [-0.2, -0.15) is 0 Å². The van der Waals surface area contributed by atoms with Gasteiger partial charge in [0.05, 0.1) is 12.5 Å². The van der Waals surface area contributed by atoms with E-state index in [0.717, 1.165) is 24.9 Å². The molecule has 0 aromatic heterocycles. The Morgan fingerprint density at radius 3 is 2.79 bits per heavy atom. The summed E-state index contributed by atoms with van der Waals surface area (Å²) < 4.78 is 4.92. The van der Waals surface area contributed by atoms with E-state index in [2.05, 4.69) is 12.2 Å². The lowest BCUT2D eigenvalue weighted by Crippen LogP contribution is -2.29. The Labute approximate surface area is 86.2 Å². The first-order valence-electron chi connectivity index (χ1n) is 5.52. The van der Waals surface area contributed by atoms with E-state index in [1.165, 1.54) is 6.42 Å². The van der Waals surface area contributed by atoms with Crippen LogP contribution < -0.4 is 5.32 Å². The van der Waals surface area contributed by atoms with Crippen LogP contribution in [0.1, 0.15) is 27.2 Å². The lowest BCUT2D eigenvalue weighted by atomic mass is 10.2. The van der Waals surface area contributed by atoms with Gasteiger partial charge in [0.15, 0.2) is 0 Å². The summed E-state index contributed by atoms with van der Waals surface area (Å²) in [5.74, 6) is 1.60. The van der Waals surface area contributed by atoms with Crippen LogP contribution in [0.15, 0.2) is 0 Å². The fraction of sp³-hybridized carbons (Fsp3) is 0.909. The Morgan fingerprint density at radius 1 is 1.64 bits per heavy atom. The minimum Gasteiger partial charge on any atom is -0.466 e. The molecule has 0 spiro atoms. The van der Waals surface area contributed by atoms with Gasteiger partial charge in [0, 0.05) is 6.54 Å². The molecule has 0 radical (unpaired) electrons. The highest BCUT2D eigenvalue weighted by Gasteiger charge is 2.31. The van der Waals surface area contributed by atoms with E-state index >= 15 is 0 Å². The van der Waals surface area contributed by atoms with Crippen LogP contribution in [0.25, 0.3) is 0 Å². The summed E-state index contributed by atoms with van der Waals surface area (Å²) in [5.41, 5.74) is 0. The van der Waals surface area contributed by atoms with E-state index in [1.54, 1.807) is 0 Å². The lowest BCUT2D eigenvalue weighted by molar-refractivity contribution is -0.147. The lowest BCUT2D eigenvalue weighted by Gasteiger charge is -2.11. The van der Waals surface area contributed by atoms with Crippen molar-refractivity contribution in [1.29, 1.82) is 0 Å². The van der Waals surface area contributed by atoms with Gasteiger partial charge in [-0.1, -0.05) is 13.8 Å². The SMILES string of the molecule is CCOC(=O)C(C)CNCC1CC1C. The molecule has 0 aliphatic heterocycles. The molecule has 1 saturated carbocycles. The van der Waals surface area contributed by atoms with Gasteiger partial charge in [0.25, 0.3) is 0 Å². The molecule has 1 aliphatic carbocycles. The molecular formula is C11H21NO2. The molecule has 1 N–H and O–H groups in total. The van der Waals surface area contributed by atoms with Crippen LogP contribution in [0.5, 0.6) is 0 Å². The molecular weight excluding hydrogens is 178 g/mol. The maximum Gasteiger partial charge on any atom is 0.309 e. The van der Waals surface area contributed by atoms with E-state index in [0.29, 0.717) is 6.61 Å². The minimum absolute atomic E-state index is 0.0241. The fourth-order valence-electron chi connectivity index (χ4n) is 1.54. The minimum atomic E-state index is -0.0937. The summed E-state index contributed by atoms with van der Waals surface area (Å²) in [7, 11) is 0. The molecule has 3 unspecified atom stereocenters. The Balaban J connectivity index is 2.02. The van der Waals surface area contributed by atoms with Crippen LogP contribution in [0.4, 0.5) is 0 Å². The standard InChI is InChI=1S/C11H21NO2/c1-4-14-11(13)9(3)6-12-7-10-5-8(10)2/h8-10,12H,4-7H2,1-3H3. The third-order valence-corrected chi connectivity index (χ3v) is 2.82. The summed E-state index contributed by atoms with van der Waals surface area (Å²) in [6.07, 6.45) is 1.33. The molecule has 0 aromatic rings. The number of hydrogen-bond acceptors (Lipinski definition) is 3. The molecule has 1 aliphatic rings. The van der Waals surface area contributed by atoms with E-state index in [1.807, 2.05) is 13.8 Å². The van der Waals surface area contributed by atoms with Gasteiger partial charge in [-0.15, -0.1) is 0 Å². The maximum atomic E-state index is 11.2. The number of esters is 1. The normalized spacial score (nSPS) is 27.1. The Morgan fingerprint density at radius 2 is 2.29 bits per heavy atom. The quantitative estimate of drug-likeness (QED) is 0.658. The van der Waals surface area contributed by atoms with Crippen molar-refractivity contribution in [3.63, 3.8) is 0 Å². The molecule has 1 rings (SSSR count). The van der Waals surface area contributed by atoms with Gasteiger partial charge in [0.2, 0.25) is 0 Å². The fourth-order valence-corrected chi connectivity index (χ4v) is 1.54. The largest absolute Gasteiger partial charge is 0.466 e. The molecule has 3 heteroatoms. The van der Waals surface area contributed by atoms with Crippen molar-refractivity contribution in [3.05, 3.63) is 0 Å². The Kier molecular flexibility index (Phi) is 4.39. The highest BCUT2D eigenvalue weighted by molar-refractivity contribution is 5.72. The topological polar surface area (TPSA) is 38.3 Å². The average Bonchev–Trinajstić information content (AvgIpc) is 2.82. The Bertz CT molecular complexity index is 194. The third-order valence-electron chi connectivity index (χ3n) is 2.82. The second-order valence-corrected chi connectivity index (χ2v) is 4.28. The molecule has 3 atom stereocenters. The van der Waals surface area contributed by atoms with Gasteiger partial charge in [0.1, 0.15) is 0 Å². The summed E-state index contributed by atoms with van der Waals surface area (Å²) in [6.45, 7) is 8.27. The third kappa shape index (κ3) is 3.66. The highest BCUT2D eigenvalue weighted by Crippen LogP contribution is 2.36. The van der Waals surface area contributed by atoms with E-state index in [9.17, 15) is 4.79 Å². The summed E-state index contributed by atoms with van der Waals surface area (Å²) >= 11 is 0. The van der Waals surface area contributed by atoms with E-state index in [4.69, 9.17) is 4.74 Å². The average molecular weight is 199 g/mol. The van der Waals surface area contributed by atoms with Crippen molar-refractivity contribution >= 4 is 5.97 Å². The predicted octanol–water partition coefficient (Wildman–Crippen LogP) is 1.43. The van der Waals surface area contributed by atoms with Crippen molar-refractivity contribution in [1.82, 2.24) is 5.32 Å². The number of ether oxygens (including phenoxy) is 1. The van der Waals surface area contributed by atoms with Crippen LogP contribution in [0.2, 0.25) is 0 Å². The molecule has 0 aromatic carbocycles. The highest BCUT2D eigenvalue weighted by atomic mass is 16.5. The van der Waals surface area contributed by atoms with Crippen LogP contribution in [-0.4, -0.2) is 25.7 Å².